The van der Waals surface area contributed by atoms with Gasteiger partial charge in [0, 0.05) is 45.0 Å². The minimum Gasteiger partial charge on any atom is -0.497 e. The number of anilines is 1. The quantitative estimate of drug-likeness (QED) is 0.347. The predicted molar refractivity (Wildman–Crippen MR) is 77.5 cm³/mol. The molecule has 0 aromatic heterocycles. The van der Waals surface area contributed by atoms with Crippen molar-refractivity contribution in [1.82, 2.24) is 10.3 Å². The number of nitrogens with one attached hydrogen (secondary N) is 1. The summed E-state index contributed by atoms with van der Waals surface area (Å²) in [5, 5.41) is 0. The first-order valence-electron chi connectivity index (χ1n) is 6.36. The number of rotatable bonds is 2. The van der Waals surface area contributed by atoms with E-state index in [4.69, 9.17) is 10.6 Å². The fourth-order valence-corrected chi connectivity index (χ4v) is 2.28. The fraction of sp³-hybridized carbons (Fsp3) is 0.462. The van der Waals surface area contributed by atoms with Gasteiger partial charge in [-0.05, 0) is 12.1 Å². The van der Waals surface area contributed by atoms with Crippen LogP contribution in [0.15, 0.2) is 29.3 Å². The molecule has 2 rings (SSSR count). The van der Waals surface area contributed by atoms with E-state index in [1.54, 1.807) is 14.2 Å². The van der Waals surface area contributed by atoms with Gasteiger partial charge in [0.1, 0.15) is 5.75 Å². The normalized spacial score (nSPS) is 16.5. The number of aliphatic imine (C=N–C) groups is 1. The largest absolute Gasteiger partial charge is 0.497 e. The lowest BCUT2D eigenvalue weighted by Gasteiger charge is -2.37. The number of hydrogen-bond acceptors (Lipinski definition) is 4. The van der Waals surface area contributed by atoms with Crippen molar-refractivity contribution in [2.75, 3.05) is 45.2 Å². The molecule has 0 atom stereocenters. The van der Waals surface area contributed by atoms with Crippen LogP contribution in [-0.4, -0.2) is 51.2 Å². The predicted octanol–water partition coefficient (Wildman–Crippen LogP) is 0.266. The van der Waals surface area contributed by atoms with Crippen LogP contribution in [0.1, 0.15) is 0 Å². The maximum absolute atomic E-state index is 5.45. The molecular formula is C13H21N5O. The van der Waals surface area contributed by atoms with Crippen LogP contribution in [0.25, 0.3) is 0 Å². The van der Waals surface area contributed by atoms with Crippen LogP contribution in [-0.2, 0) is 0 Å². The number of hydrogen-bond donors (Lipinski definition) is 2. The fourth-order valence-electron chi connectivity index (χ4n) is 2.28. The van der Waals surface area contributed by atoms with Gasteiger partial charge in [-0.2, -0.15) is 0 Å². The van der Waals surface area contributed by atoms with Gasteiger partial charge in [-0.1, -0.05) is 6.07 Å². The summed E-state index contributed by atoms with van der Waals surface area (Å²) in [6, 6.07) is 8.14. The number of nitrogens with zero attached hydrogens (tertiary/aromatic N) is 3. The number of ether oxygens (including phenoxy) is 1. The zero-order valence-corrected chi connectivity index (χ0v) is 11.5. The standard InChI is InChI=1S/C13H21N5O/c1-15-13(16-14)18-8-6-17(7-9-18)11-4-3-5-12(10-11)19-2/h3-5,10H,6-9,14H2,1-2H3,(H,15,16). The second kappa shape index (κ2) is 6.29. The third-order valence-electron chi connectivity index (χ3n) is 3.34. The summed E-state index contributed by atoms with van der Waals surface area (Å²) in [5.41, 5.74) is 3.82. The minimum absolute atomic E-state index is 0.741. The second-order valence-electron chi connectivity index (χ2n) is 4.37. The third kappa shape index (κ3) is 3.08. The van der Waals surface area contributed by atoms with Crippen molar-refractivity contribution < 1.29 is 4.74 Å². The van der Waals surface area contributed by atoms with E-state index in [0.717, 1.165) is 37.9 Å². The molecule has 1 aromatic carbocycles. The lowest BCUT2D eigenvalue weighted by Crippen LogP contribution is -2.53. The van der Waals surface area contributed by atoms with Crippen molar-refractivity contribution in [1.29, 1.82) is 0 Å². The van der Waals surface area contributed by atoms with Crippen LogP contribution in [0.5, 0.6) is 5.75 Å². The molecule has 1 heterocycles. The smallest absolute Gasteiger partial charge is 0.208 e. The van der Waals surface area contributed by atoms with Gasteiger partial charge in [-0.25, -0.2) is 5.84 Å². The maximum atomic E-state index is 5.45. The molecule has 0 unspecified atom stereocenters. The van der Waals surface area contributed by atoms with Gasteiger partial charge in [0.05, 0.1) is 7.11 Å². The van der Waals surface area contributed by atoms with E-state index in [0.29, 0.717) is 0 Å². The highest BCUT2D eigenvalue weighted by molar-refractivity contribution is 5.79. The molecule has 0 aliphatic carbocycles. The zero-order chi connectivity index (χ0) is 13.7. The highest BCUT2D eigenvalue weighted by atomic mass is 16.5. The Morgan fingerprint density at radius 1 is 1.32 bits per heavy atom. The first kappa shape index (κ1) is 13.5. The molecule has 0 amide bonds. The van der Waals surface area contributed by atoms with Gasteiger partial charge in [-0.15, -0.1) is 0 Å². The Morgan fingerprint density at radius 2 is 2.05 bits per heavy atom. The number of benzene rings is 1. The van der Waals surface area contributed by atoms with Gasteiger partial charge in [-0.3, -0.25) is 10.4 Å². The molecule has 0 bridgehead atoms. The Balaban J connectivity index is 1.99. The second-order valence-corrected chi connectivity index (χ2v) is 4.37. The Labute approximate surface area is 113 Å². The number of methoxy groups -OCH3 is 1. The molecule has 1 fully saturated rings. The van der Waals surface area contributed by atoms with Gasteiger partial charge in [0.15, 0.2) is 0 Å². The van der Waals surface area contributed by atoms with Crippen LogP contribution in [0.3, 0.4) is 0 Å². The highest BCUT2D eigenvalue weighted by Gasteiger charge is 2.19. The number of nitrogens with two attached hydrogens (primary N) is 1. The van der Waals surface area contributed by atoms with E-state index in [-0.39, 0.29) is 0 Å². The Morgan fingerprint density at radius 3 is 2.63 bits per heavy atom. The third-order valence-corrected chi connectivity index (χ3v) is 3.34. The zero-order valence-electron chi connectivity index (χ0n) is 11.5. The summed E-state index contributed by atoms with van der Waals surface area (Å²) in [6.45, 7) is 3.67. The monoisotopic (exact) mass is 263 g/mol. The highest BCUT2D eigenvalue weighted by Crippen LogP contribution is 2.21. The Kier molecular flexibility index (Phi) is 4.46. The molecule has 0 radical (unpaired) electrons. The maximum Gasteiger partial charge on any atom is 0.208 e. The van der Waals surface area contributed by atoms with Gasteiger partial charge >= 0.3 is 0 Å². The SMILES string of the molecule is CN=C(NN)N1CCN(c2cccc(OC)c2)CC1. The van der Waals surface area contributed by atoms with E-state index >= 15 is 0 Å². The van der Waals surface area contributed by atoms with Crippen molar-refractivity contribution in [3.05, 3.63) is 24.3 Å². The molecule has 1 aliphatic rings. The number of hydrazine groups is 1. The average Bonchev–Trinajstić information content (AvgIpc) is 2.49. The summed E-state index contributed by atoms with van der Waals surface area (Å²) in [5.74, 6) is 7.07. The number of piperazine rings is 1. The van der Waals surface area contributed by atoms with Crippen LogP contribution >= 0.6 is 0 Å². The van der Waals surface area contributed by atoms with E-state index in [1.807, 2.05) is 12.1 Å². The topological polar surface area (TPSA) is 66.1 Å². The number of guanidine groups is 1. The van der Waals surface area contributed by atoms with Crippen molar-refractivity contribution in [2.45, 2.75) is 0 Å². The molecule has 0 spiro atoms. The molecular weight excluding hydrogens is 242 g/mol. The summed E-state index contributed by atoms with van der Waals surface area (Å²) >= 11 is 0. The first-order valence-corrected chi connectivity index (χ1v) is 6.36. The molecule has 1 aromatic rings. The van der Waals surface area contributed by atoms with Crippen molar-refractivity contribution in [2.24, 2.45) is 10.8 Å². The lowest BCUT2D eigenvalue weighted by molar-refractivity contribution is 0.373. The summed E-state index contributed by atoms with van der Waals surface area (Å²) in [4.78, 5) is 8.61. The van der Waals surface area contributed by atoms with Crippen LogP contribution < -0.4 is 20.9 Å². The average molecular weight is 263 g/mol. The van der Waals surface area contributed by atoms with E-state index in [9.17, 15) is 0 Å². The van der Waals surface area contributed by atoms with Crippen LogP contribution in [0.2, 0.25) is 0 Å². The molecule has 1 aliphatic heterocycles. The molecule has 104 valence electrons. The molecule has 6 nitrogen and oxygen atoms in total. The van der Waals surface area contributed by atoms with Crippen LogP contribution in [0, 0.1) is 0 Å². The van der Waals surface area contributed by atoms with Gasteiger partial charge < -0.3 is 14.5 Å². The summed E-state index contributed by atoms with van der Waals surface area (Å²) in [7, 11) is 3.43. The first-order chi connectivity index (χ1) is 9.28. The van der Waals surface area contributed by atoms with Crippen molar-refractivity contribution in [3.63, 3.8) is 0 Å². The van der Waals surface area contributed by atoms with E-state index in [1.165, 1.54) is 5.69 Å². The molecule has 1 saturated heterocycles. The molecule has 3 N–H and O–H groups in total. The molecule has 6 heteroatoms. The Bertz CT molecular complexity index is 440. The van der Waals surface area contributed by atoms with Gasteiger partial charge in [0.25, 0.3) is 0 Å². The summed E-state index contributed by atoms with van der Waals surface area (Å²) < 4.78 is 5.26. The van der Waals surface area contributed by atoms with E-state index < -0.39 is 0 Å². The van der Waals surface area contributed by atoms with E-state index in [2.05, 4.69) is 32.4 Å². The lowest BCUT2D eigenvalue weighted by atomic mass is 10.2. The van der Waals surface area contributed by atoms with Crippen molar-refractivity contribution in [3.8, 4) is 5.75 Å². The van der Waals surface area contributed by atoms with Crippen LogP contribution in [0.4, 0.5) is 5.69 Å². The summed E-state index contributed by atoms with van der Waals surface area (Å²) in [6.07, 6.45) is 0. The molecule has 19 heavy (non-hydrogen) atoms. The van der Waals surface area contributed by atoms with Gasteiger partial charge in [0.2, 0.25) is 5.96 Å². The van der Waals surface area contributed by atoms with Crippen molar-refractivity contribution >= 4 is 11.6 Å². The minimum atomic E-state index is 0.741. The Hall–Kier alpha value is -1.95. The molecule has 0 saturated carbocycles.